The molecule has 1 amide bonds. The zero-order valence-electron chi connectivity index (χ0n) is 25.2. The molecule has 1 saturated heterocycles. The van der Waals surface area contributed by atoms with Crippen molar-refractivity contribution in [3.63, 3.8) is 0 Å². The Kier molecular flexibility index (Phi) is 8.00. The van der Waals surface area contributed by atoms with Gasteiger partial charge >= 0.3 is 0 Å². The van der Waals surface area contributed by atoms with Crippen molar-refractivity contribution in [1.82, 2.24) is 25.1 Å². The van der Waals surface area contributed by atoms with Crippen molar-refractivity contribution in [3.05, 3.63) is 84.9 Å². The number of anilines is 1. The minimum absolute atomic E-state index is 0.0262. The van der Waals surface area contributed by atoms with Crippen LogP contribution in [0.25, 0.3) is 55.4 Å². The minimum Gasteiger partial charge on any atom is -0.492 e. The van der Waals surface area contributed by atoms with Crippen molar-refractivity contribution in [2.24, 2.45) is 0 Å². The lowest BCUT2D eigenvalue weighted by atomic mass is 10.0. The first kappa shape index (κ1) is 28.7. The van der Waals surface area contributed by atoms with Crippen LogP contribution < -0.4 is 10.1 Å². The Hall–Kier alpha value is -5.02. The number of nitrogens with one attached hydrogen (secondary N) is 3. The number of rotatable bonds is 10. The largest absolute Gasteiger partial charge is 0.492 e. The molecule has 6 aromatic rings. The molecular weight excluding hydrogens is 567 g/mol. The predicted octanol–water partition coefficient (Wildman–Crippen LogP) is 7.79. The van der Waals surface area contributed by atoms with E-state index in [4.69, 9.17) is 4.74 Å². The number of fused-ring (bicyclic) bond motifs is 2. The third-order valence-corrected chi connectivity index (χ3v) is 8.37. The number of hydrogen-bond acceptors (Lipinski definition) is 5. The number of hydrogen-bond donors (Lipinski definition) is 3. The number of ether oxygens (including phenoxy) is 1. The molecule has 1 fully saturated rings. The van der Waals surface area contributed by atoms with Crippen LogP contribution in [0.5, 0.6) is 5.75 Å². The molecule has 3 aromatic carbocycles. The van der Waals surface area contributed by atoms with Crippen molar-refractivity contribution in [2.45, 2.75) is 32.6 Å². The summed E-state index contributed by atoms with van der Waals surface area (Å²) in [6.45, 7) is 5.56. The summed E-state index contributed by atoms with van der Waals surface area (Å²) >= 11 is 0. The Morgan fingerprint density at radius 2 is 1.84 bits per heavy atom. The van der Waals surface area contributed by atoms with Crippen LogP contribution in [0.15, 0.2) is 79.1 Å². The van der Waals surface area contributed by atoms with Gasteiger partial charge in [-0.3, -0.25) is 19.8 Å². The maximum atomic E-state index is 14.8. The van der Waals surface area contributed by atoms with E-state index < -0.39 is 0 Å². The summed E-state index contributed by atoms with van der Waals surface area (Å²) in [5.74, 6) is 0.179. The number of aromatic amines is 2. The molecule has 0 radical (unpaired) electrons. The van der Waals surface area contributed by atoms with Gasteiger partial charge in [-0.05, 0) is 91.5 Å². The van der Waals surface area contributed by atoms with Gasteiger partial charge in [0.15, 0.2) is 0 Å². The van der Waals surface area contributed by atoms with E-state index in [1.54, 1.807) is 18.5 Å². The van der Waals surface area contributed by atoms with Crippen molar-refractivity contribution in [2.75, 3.05) is 31.6 Å². The van der Waals surface area contributed by atoms with Crippen LogP contribution in [0.4, 0.5) is 10.1 Å². The summed E-state index contributed by atoms with van der Waals surface area (Å²) < 4.78 is 20.8. The maximum absolute atomic E-state index is 14.8. The van der Waals surface area contributed by atoms with Crippen LogP contribution in [-0.4, -0.2) is 57.2 Å². The van der Waals surface area contributed by atoms with Gasteiger partial charge in [-0.25, -0.2) is 4.39 Å². The molecule has 4 heterocycles. The number of amides is 1. The number of carbonyl (C=O) groups is 1. The topological polar surface area (TPSA) is 98.9 Å². The first-order chi connectivity index (χ1) is 22.0. The standard InChI is InChI=1S/C36H35FN6O2/c1-2-6-35(44)39-27-16-25(21-38-22-27)23-9-10-33-31(18-23)36(42-41-33)34-20-30-29(7-5-8-32(30)40-34)24-15-26(37)19-28(17-24)45-14-13-43-11-3-4-12-43/h5,7-10,15-22,40H,2-4,6,11-14H2,1H3,(H,39,44)(H,41,42). The second-order valence-corrected chi connectivity index (χ2v) is 11.6. The van der Waals surface area contributed by atoms with Gasteiger partial charge in [0.05, 0.1) is 23.1 Å². The summed E-state index contributed by atoms with van der Waals surface area (Å²) in [6.07, 6.45) is 7.15. The molecule has 0 spiro atoms. The lowest BCUT2D eigenvalue weighted by molar-refractivity contribution is -0.116. The number of aromatic nitrogens is 4. The Labute approximate surface area is 260 Å². The molecule has 0 aliphatic carbocycles. The zero-order valence-corrected chi connectivity index (χ0v) is 25.2. The smallest absolute Gasteiger partial charge is 0.224 e. The van der Waals surface area contributed by atoms with E-state index in [-0.39, 0.29) is 11.7 Å². The van der Waals surface area contributed by atoms with E-state index in [0.717, 1.165) is 81.5 Å². The quantitative estimate of drug-likeness (QED) is 0.149. The summed E-state index contributed by atoms with van der Waals surface area (Å²) in [6, 6.07) is 21.0. The number of benzene rings is 3. The first-order valence-electron chi connectivity index (χ1n) is 15.6. The van der Waals surface area contributed by atoms with Crippen LogP contribution in [0, 0.1) is 5.82 Å². The Balaban J connectivity index is 1.19. The van der Waals surface area contributed by atoms with Crippen molar-refractivity contribution in [1.29, 1.82) is 0 Å². The fourth-order valence-electron chi connectivity index (χ4n) is 6.15. The van der Waals surface area contributed by atoms with E-state index in [1.807, 2.05) is 49.4 Å². The third kappa shape index (κ3) is 6.17. The Morgan fingerprint density at radius 1 is 0.956 bits per heavy atom. The highest BCUT2D eigenvalue weighted by atomic mass is 19.1. The summed E-state index contributed by atoms with van der Waals surface area (Å²) in [7, 11) is 0. The third-order valence-electron chi connectivity index (χ3n) is 8.37. The van der Waals surface area contributed by atoms with E-state index in [0.29, 0.717) is 24.5 Å². The Morgan fingerprint density at radius 3 is 2.71 bits per heavy atom. The van der Waals surface area contributed by atoms with Gasteiger partial charge in [0.25, 0.3) is 0 Å². The number of halogens is 1. The predicted molar refractivity (Wildman–Crippen MR) is 177 cm³/mol. The van der Waals surface area contributed by atoms with Crippen molar-refractivity contribution in [3.8, 4) is 39.4 Å². The highest BCUT2D eigenvalue weighted by Crippen LogP contribution is 2.36. The molecule has 0 atom stereocenters. The highest BCUT2D eigenvalue weighted by molar-refractivity contribution is 6.02. The van der Waals surface area contributed by atoms with Crippen LogP contribution >= 0.6 is 0 Å². The average molecular weight is 603 g/mol. The van der Waals surface area contributed by atoms with Gasteiger partial charge < -0.3 is 15.0 Å². The van der Waals surface area contributed by atoms with Crippen LogP contribution in [0.2, 0.25) is 0 Å². The first-order valence-corrected chi connectivity index (χ1v) is 15.6. The normalized spacial score (nSPS) is 13.6. The van der Waals surface area contributed by atoms with E-state index >= 15 is 0 Å². The summed E-state index contributed by atoms with van der Waals surface area (Å²) in [4.78, 5) is 22.4. The van der Waals surface area contributed by atoms with Crippen molar-refractivity contribution < 1.29 is 13.9 Å². The number of carbonyl (C=O) groups excluding carboxylic acids is 1. The molecule has 0 saturated carbocycles. The Bertz CT molecular complexity index is 1990. The molecule has 228 valence electrons. The SMILES string of the molecule is CCCC(=O)Nc1cncc(-c2ccc3[nH]nc(-c4cc5c(-c6cc(F)cc(OCCN7CCCC7)c6)cccc5[nH]4)c3c2)c1. The fraction of sp³-hybridized carbons (Fsp3) is 0.250. The zero-order chi connectivity index (χ0) is 30.8. The number of pyridine rings is 1. The van der Waals surface area contributed by atoms with Gasteiger partial charge in [-0.15, -0.1) is 0 Å². The van der Waals surface area contributed by atoms with Crippen LogP contribution in [0.1, 0.15) is 32.6 Å². The van der Waals surface area contributed by atoms with Gasteiger partial charge in [-0.2, -0.15) is 5.10 Å². The maximum Gasteiger partial charge on any atom is 0.224 e. The van der Waals surface area contributed by atoms with Gasteiger partial charge in [0, 0.05) is 47.1 Å². The van der Waals surface area contributed by atoms with Gasteiger partial charge in [-0.1, -0.05) is 25.1 Å². The van der Waals surface area contributed by atoms with Gasteiger partial charge in [0.2, 0.25) is 5.91 Å². The van der Waals surface area contributed by atoms with Gasteiger partial charge in [0.1, 0.15) is 23.9 Å². The highest BCUT2D eigenvalue weighted by Gasteiger charge is 2.16. The molecule has 9 heteroatoms. The second kappa shape index (κ2) is 12.5. The molecule has 0 unspecified atom stereocenters. The molecule has 7 rings (SSSR count). The lowest BCUT2D eigenvalue weighted by Gasteiger charge is -2.15. The van der Waals surface area contributed by atoms with Crippen molar-refractivity contribution >= 4 is 33.4 Å². The second-order valence-electron chi connectivity index (χ2n) is 11.6. The fourth-order valence-corrected chi connectivity index (χ4v) is 6.15. The molecule has 0 bridgehead atoms. The molecule has 3 aromatic heterocycles. The van der Waals surface area contributed by atoms with Crippen LogP contribution in [-0.2, 0) is 4.79 Å². The van der Waals surface area contributed by atoms with E-state index in [9.17, 15) is 9.18 Å². The van der Waals surface area contributed by atoms with E-state index in [2.05, 4.69) is 42.5 Å². The molecule has 1 aliphatic rings. The lowest BCUT2D eigenvalue weighted by Crippen LogP contribution is -2.25. The molecule has 8 nitrogen and oxygen atoms in total. The molecule has 45 heavy (non-hydrogen) atoms. The molecule has 1 aliphatic heterocycles. The number of likely N-dealkylation sites (tertiary alicyclic amines) is 1. The monoisotopic (exact) mass is 602 g/mol. The number of H-pyrrole nitrogens is 2. The summed E-state index contributed by atoms with van der Waals surface area (Å²) in [5.41, 5.74) is 7.63. The molecule has 3 N–H and O–H groups in total. The molecular formula is C36H35FN6O2. The van der Waals surface area contributed by atoms with Crippen LogP contribution in [0.3, 0.4) is 0 Å². The minimum atomic E-state index is -0.328. The summed E-state index contributed by atoms with van der Waals surface area (Å²) in [5, 5.41) is 12.6. The average Bonchev–Trinajstić information content (AvgIpc) is 3.80. The van der Waals surface area contributed by atoms with E-state index in [1.165, 1.54) is 18.9 Å². The number of nitrogens with zero attached hydrogens (tertiary/aromatic N) is 3.